The van der Waals surface area contributed by atoms with E-state index in [2.05, 4.69) is 29.6 Å². The van der Waals surface area contributed by atoms with Crippen molar-refractivity contribution in [3.05, 3.63) is 77.3 Å². The molecule has 0 saturated heterocycles. The predicted molar refractivity (Wildman–Crippen MR) is 92.4 cm³/mol. The van der Waals surface area contributed by atoms with Gasteiger partial charge in [0.05, 0.1) is 0 Å². The SMILES string of the molecule is O=C(CCc1cccc2ccccc12)Nc1ccc(Cl)cc1. The van der Waals surface area contributed by atoms with Gasteiger partial charge in [-0.15, -0.1) is 0 Å². The maximum absolute atomic E-state index is 12.1. The Morgan fingerprint density at radius 3 is 2.45 bits per heavy atom. The van der Waals surface area contributed by atoms with Gasteiger partial charge in [0.15, 0.2) is 0 Å². The Labute approximate surface area is 134 Å². The van der Waals surface area contributed by atoms with E-state index < -0.39 is 0 Å². The van der Waals surface area contributed by atoms with Crippen LogP contribution in [0.15, 0.2) is 66.7 Å². The Morgan fingerprint density at radius 1 is 0.909 bits per heavy atom. The van der Waals surface area contributed by atoms with Gasteiger partial charge in [0.2, 0.25) is 5.91 Å². The van der Waals surface area contributed by atoms with Crippen LogP contribution in [-0.4, -0.2) is 5.91 Å². The summed E-state index contributed by atoms with van der Waals surface area (Å²) in [5, 5.41) is 5.97. The van der Waals surface area contributed by atoms with Crippen LogP contribution in [0.5, 0.6) is 0 Å². The lowest BCUT2D eigenvalue weighted by Gasteiger charge is -2.08. The highest BCUT2D eigenvalue weighted by atomic mass is 35.5. The second-order valence-electron chi connectivity index (χ2n) is 5.19. The van der Waals surface area contributed by atoms with Crippen LogP contribution in [0.4, 0.5) is 5.69 Å². The van der Waals surface area contributed by atoms with Crippen molar-refractivity contribution in [1.29, 1.82) is 0 Å². The second-order valence-corrected chi connectivity index (χ2v) is 5.63. The Bertz CT molecular complexity index is 791. The van der Waals surface area contributed by atoms with Crippen molar-refractivity contribution in [2.24, 2.45) is 0 Å². The Kier molecular flexibility index (Phi) is 4.40. The van der Waals surface area contributed by atoms with Crippen molar-refractivity contribution in [2.45, 2.75) is 12.8 Å². The topological polar surface area (TPSA) is 29.1 Å². The number of amides is 1. The lowest BCUT2D eigenvalue weighted by atomic mass is 10.0. The highest BCUT2D eigenvalue weighted by Gasteiger charge is 2.05. The molecule has 0 aliphatic rings. The van der Waals surface area contributed by atoms with Gasteiger partial charge in [-0.2, -0.15) is 0 Å². The first kappa shape index (κ1) is 14.6. The van der Waals surface area contributed by atoms with Crippen LogP contribution in [0.2, 0.25) is 5.02 Å². The molecule has 0 unspecified atom stereocenters. The molecule has 1 amide bonds. The fourth-order valence-corrected chi connectivity index (χ4v) is 2.64. The minimum Gasteiger partial charge on any atom is -0.326 e. The quantitative estimate of drug-likeness (QED) is 0.716. The molecule has 0 heterocycles. The van der Waals surface area contributed by atoms with Crippen LogP contribution in [-0.2, 0) is 11.2 Å². The molecule has 0 fully saturated rings. The number of rotatable bonds is 4. The highest BCUT2D eigenvalue weighted by Crippen LogP contribution is 2.20. The van der Waals surface area contributed by atoms with Gasteiger partial charge in [-0.05, 0) is 47.0 Å². The molecule has 3 rings (SSSR count). The number of anilines is 1. The van der Waals surface area contributed by atoms with Crippen molar-refractivity contribution in [3.63, 3.8) is 0 Å². The van der Waals surface area contributed by atoms with Gasteiger partial charge in [-0.3, -0.25) is 4.79 Å². The predicted octanol–water partition coefficient (Wildman–Crippen LogP) is 5.06. The number of halogens is 1. The number of carbonyl (C=O) groups excluding carboxylic acids is 1. The van der Waals surface area contributed by atoms with Crippen molar-refractivity contribution in [1.82, 2.24) is 0 Å². The Hall–Kier alpha value is -2.32. The first-order valence-electron chi connectivity index (χ1n) is 7.24. The summed E-state index contributed by atoms with van der Waals surface area (Å²) in [6.07, 6.45) is 1.18. The molecule has 2 nitrogen and oxygen atoms in total. The van der Waals surface area contributed by atoms with Crippen molar-refractivity contribution in [2.75, 3.05) is 5.32 Å². The summed E-state index contributed by atoms with van der Waals surface area (Å²) >= 11 is 5.83. The lowest BCUT2D eigenvalue weighted by Crippen LogP contribution is -2.12. The van der Waals surface area contributed by atoms with Crippen LogP contribution >= 0.6 is 11.6 Å². The molecule has 3 heteroatoms. The van der Waals surface area contributed by atoms with Gasteiger partial charge in [-0.1, -0.05) is 54.1 Å². The van der Waals surface area contributed by atoms with E-state index in [0.29, 0.717) is 11.4 Å². The van der Waals surface area contributed by atoms with Crippen LogP contribution in [0.1, 0.15) is 12.0 Å². The molecular formula is C19H16ClNO. The molecule has 0 aromatic heterocycles. The van der Waals surface area contributed by atoms with E-state index in [1.54, 1.807) is 24.3 Å². The van der Waals surface area contributed by atoms with E-state index in [1.165, 1.54) is 16.3 Å². The van der Waals surface area contributed by atoms with Crippen LogP contribution in [0.3, 0.4) is 0 Å². The van der Waals surface area contributed by atoms with Crippen molar-refractivity contribution < 1.29 is 4.79 Å². The van der Waals surface area contributed by atoms with Crippen molar-refractivity contribution >= 4 is 34.0 Å². The lowest BCUT2D eigenvalue weighted by molar-refractivity contribution is -0.116. The second kappa shape index (κ2) is 6.63. The third-order valence-electron chi connectivity index (χ3n) is 3.63. The summed E-state index contributed by atoms with van der Waals surface area (Å²) in [4.78, 5) is 12.1. The fraction of sp³-hybridized carbons (Fsp3) is 0.105. The molecule has 0 spiro atoms. The zero-order chi connectivity index (χ0) is 15.4. The molecule has 0 bridgehead atoms. The zero-order valence-corrected chi connectivity index (χ0v) is 12.8. The monoisotopic (exact) mass is 309 g/mol. The summed E-state index contributed by atoms with van der Waals surface area (Å²) in [6.45, 7) is 0. The summed E-state index contributed by atoms with van der Waals surface area (Å²) in [5.41, 5.74) is 1.97. The van der Waals surface area contributed by atoms with Gasteiger partial charge in [0, 0.05) is 17.1 Å². The van der Waals surface area contributed by atoms with Gasteiger partial charge in [-0.25, -0.2) is 0 Å². The van der Waals surface area contributed by atoms with Crippen LogP contribution < -0.4 is 5.32 Å². The van der Waals surface area contributed by atoms with E-state index in [0.717, 1.165) is 12.1 Å². The minimum absolute atomic E-state index is 0.00950. The number of nitrogens with one attached hydrogen (secondary N) is 1. The van der Waals surface area contributed by atoms with E-state index in [1.807, 2.05) is 18.2 Å². The fourth-order valence-electron chi connectivity index (χ4n) is 2.52. The number of hydrogen-bond acceptors (Lipinski definition) is 1. The van der Waals surface area contributed by atoms with Crippen LogP contribution in [0, 0.1) is 0 Å². The standard InChI is InChI=1S/C19H16ClNO/c20-16-9-11-17(12-10-16)21-19(22)13-8-15-6-3-5-14-4-1-2-7-18(14)15/h1-7,9-12H,8,13H2,(H,21,22). The molecule has 1 N–H and O–H groups in total. The summed E-state index contributed by atoms with van der Waals surface area (Å²) < 4.78 is 0. The third kappa shape index (κ3) is 3.46. The molecule has 0 radical (unpaired) electrons. The molecule has 3 aromatic carbocycles. The number of carbonyl (C=O) groups is 1. The summed E-state index contributed by atoms with van der Waals surface area (Å²) in [7, 11) is 0. The Balaban J connectivity index is 1.66. The van der Waals surface area contributed by atoms with E-state index in [4.69, 9.17) is 11.6 Å². The van der Waals surface area contributed by atoms with Gasteiger partial charge < -0.3 is 5.32 Å². The molecule has 0 aliphatic heterocycles. The van der Waals surface area contributed by atoms with E-state index in [-0.39, 0.29) is 5.91 Å². The van der Waals surface area contributed by atoms with E-state index in [9.17, 15) is 4.79 Å². The Morgan fingerprint density at radius 2 is 1.64 bits per heavy atom. The normalized spacial score (nSPS) is 10.6. The number of fused-ring (bicyclic) bond motifs is 1. The molecule has 0 saturated carbocycles. The highest BCUT2D eigenvalue weighted by molar-refractivity contribution is 6.30. The number of aryl methyl sites for hydroxylation is 1. The maximum atomic E-state index is 12.1. The average molecular weight is 310 g/mol. The first-order valence-corrected chi connectivity index (χ1v) is 7.62. The van der Waals surface area contributed by atoms with Gasteiger partial charge >= 0.3 is 0 Å². The van der Waals surface area contributed by atoms with Crippen molar-refractivity contribution in [3.8, 4) is 0 Å². The number of benzene rings is 3. The maximum Gasteiger partial charge on any atom is 0.224 e. The summed E-state index contributed by atoms with van der Waals surface area (Å²) in [6, 6.07) is 21.6. The van der Waals surface area contributed by atoms with Crippen LogP contribution in [0.25, 0.3) is 10.8 Å². The minimum atomic E-state index is 0.00950. The smallest absolute Gasteiger partial charge is 0.224 e. The third-order valence-corrected chi connectivity index (χ3v) is 3.88. The summed E-state index contributed by atoms with van der Waals surface area (Å²) in [5.74, 6) is 0.00950. The average Bonchev–Trinajstić information content (AvgIpc) is 2.55. The molecular weight excluding hydrogens is 294 g/mol. The molecule has 22 heavy (non-hydrogen) atoms. The number of hydrogen-bond donors (Lipinski definition) is 1. The zero-order valence-electron chi connectivity index (χ0n) is 12.1. The van der Waals surface area contributed by atoms with Gasteiger partial charge in [0.1, 0.15) is 0 Å². The van der Waals surface area contributed by atoms with Gasteiger partial charge in [0.25, 0.3) is 0 Å². The largest absolute Gasteiger partial charge is 0.326 e. The van der Waals surface area contributed by atoms with E-state index >= 15 is 0 Å². The molecule has 3 aromatic rings. The molecule has 0 aliphatic carbocycles. The molecule has 0 atom stereocenters. The first-order chi connectivity index (χ1) is 10.7. The molecule has 110 valence electrons.